The van der Waals surface area contributed by atoms with Crippen molar-refractivity contribution in [2.24, 2.45) is 0 Å². The molecule has 17 heavy (non-hydrogen) atoms. The number of pyridine rings is 1. The summed E-state index contributed by atoms with van der Waals surface area (Å²) in [7, 11) is 1.83. The van der Waals surface area contributed by atoms with E-state index in [-0.39, 0.29) is 0 Å². The molecule has 1 aromatic rings. The summed E-state index contributed by atoms with van der Waals surface area (Å²) in [5.41, 5.74) is 0.643. The number of aromatic nitrogens is 1. The molecule has 92 valence electrons. The molecule has 0 amide bonds. The summed E-state index contributed by atoms with van der Waals surface area (Å²) in [5.74, 6) is 0. The van der Waals surface area contributed by atoms with Gasteiger partial charge in [0, 0.05) is 19.4 Å². The second kappa shape index (κ2) is 5.10. The summed E-state index contributed by atoms with van der Waals surface area (Å²) >= 11 is 5.45. The van der Waals surface area contributed by atoms with Gasteiger partial charge < -0.3 is 10.4 Å². The molecule has 2 N–H and O–H groups in total. The van der Waals surface area contributed by atoms with E-state index in [1.54, 1.807) is 12.4 Å². The molecule has 0 bridgehead atoms. The Morgan fingerprint density at radius 3 is 2.76 bits per heavy atom. The number of rotatable bonds is 2. The molecule has 1 fully saturated rings. The molecule has 1 heterocycles. The zero-order chi connectivity index (χ0) is 12.3. The zero-order valence-corrected chi connectivity index (χ0v) is 10.8. The van der Waals surface area contributed by atoms with Crippen LogP contribution >= 0.6 is 12.2 Å². The predicted octanol–water partition coefficient (Wildman–Crippen LogP) is 1.80. The molecular formula is C13H18N2OS. The SMILES string of the molecule is CNC(=S)[C@]1(c2ccncc2)CCCC[C@H]1O. The topological polar surface area (TPSA) is 45.2 Å². The minimum atomic E-state index is -0.425. The molecule has 4 heteroatoms. The van der Waals surface area contributed by atoms with E-state index in [1.165, 1.54) is 0 Å². The van der Waals surface area contributed by atoms with Crippen LogP contribution in [-0.2, 0) is 5.41 Å². The van der Waals surface area contributed by atoms with Crippen molar-refractivity contribution in [3.63, 3.8) is 0 Å². The lowest BCUT2D eigenvalue weighted by Crippen LogP contribution is -2.52. The Kier molecular flexibility index (Phi) is 3.74. The lowest BCUT2D eigenvalue weighted by Gasteiger charge is -2.42. The van der Waals surface area contributed by atoms with Crippen molar-refractivity contribution in [2.45, 2.75) is 37.2 Å². The van der Waals surface area contributed by atoms with Gasteiger partial charge in [-0.2, -0.15) is 0 Å². The summed E-state index contributed by atoms with van der Waals surface area (Å²) in [4.78, 5) is 4.77. The van der Waals surface area contributed by atoms with Gasteiger partial charge in [-0.25, -0.2) is 0 Å². The van der Waals surface area contributed by atoms with Gasteiger partial charge >= 0.3 is 0 Å². The van der Waals surface area contributed by atoms with Crippen molar-refractivity contribution in [1.29, 1.82) is 0 Å². The Hall–Kier alpha value is -1.00. The van der Waals surface area contributed by atoms with E-state index in [0.29, 0.717) is 0 Å². The number of thiocarbonyl (C=S) groups is 1. The van der Waals surface area contributed by atoms with Gasteiger partial charge in [-0.1, -0.05) is 25.1 Å². The number of hydrogen-bond donors (Lipinski definition) is 2. The fraction of sp³-hybridized carbons (Fsp3) is 0.538. The summed E-state index contributed by atoms with van der Waals surface area (Å²) in [6, 6.07) is 3.91. The molecular weight excluding hydrogens is 232 g/mol. The van der Waals surface area contributed by atoms with Gasteiger partial charge in [-0.15, -0.1) is 0 Å². The van der Waals surface area contributed by atoms with Crippen LogP contribution in [0.1, 0.15) is 31.2 Å². The number of nitrogens with one attached hydrogen (secondary N) is 1. The van der Waals surface area contributed by atoms with Gasteiger partial charge in [-0.3, -0.25) is 4.98 Å². The second-order valence-corrected chi connectivity index (χ2v) is 4.96. The van der Waals surface area contributed by atoms with Gasteiger partial charge in [0.25, 0.3) is 0 Å². The predicted molar refractivity (Wildman–Crippen MR) is 72.0 cm³/mol. The Morgan fingerprint density at radius 2 is 2.18 bits per heavy atom. The normalized spacial score (nSPS) is 28.7. The van der Waals surface area contributed by atoms with E-state index in [4.69, 9.17) is 12.2 Å². The third kappa shape index (κ3) is 2.07. The van der Waals surface area contributed by atoms with Crippen LogP contribution in [0.4, 0.5) is 0 Å². The Labute approximate surface area is 107 Å². The molecule has 0 unspecified atom stereocenters. The van der Waals surface area contributed by atoms with Crippen LogP contribution in [0.2, 0.25) is 0 Å². The van der Waals surface area contributed by atoms with E-state index >= 15 is 0 Å². The van der Waals surface area contributed by atoms with Gasteiger partial charge in [-0.05, 0) is 30.5 Å². The lowest BCUT2D eigenvalue weighted by molar-refractivity contribution is 0.0777. The van der Waals surface area contributed by atoms with Crippen molar-refractivity contribution >= 4 is 17.2 Å². The molecule has 2 rings (SSSR count). The highest BCUT2D eigenvalue weighted by Gasteiger charge is 2.44. The standard InChI is InChI=1S/C13H18N2OS/c1-14-12(17)13(7-3-2-4-11(13)16)10-5-8-15-9-6-10/h5-6,8-9,11,16H,2-4,7H2,1H3,(H,14,17)/t11-,13+/m1/s1. The van der Waals surface area contributed by atoms with Crippen LogP contribution in [0.15, 0.2) is 24.5 Å². The molecule has 1 saturated carbocycles. The summed E-state index contributed by atoms with van der Waals surface area (Å²) in [5, 5.41) is 13.5. The fourth-order valence-electron chi connectivity index (χ4n) is 2.76. The molecule has 0 radical (unpaired) electrons. The first kappa shape index (κ1) is 12.5. The number of likely N-dealkylation sites (N-methyl/N-ethyl adjacent to an activating group) is 1. The average molecular weight is 250 g/mol. The second-order valence-electron chi connectivity index (χ2n) is 4.55. The largest absolute Gasteiger partial charge is 0.392 e. The van der Waals surface area contributed by atoms with Gasteiger partial charge in [0.15, 0.2) is 0 Å². The maximum Gasteiger partial charge on any atom is 0.0884 e. The summed E-state index contributed by atoms with van der Waals surface area (Å²) in [6.07, 6.45) is 7.00. The summed E-state index contributed by atoms with van der Waals surface area (Å²) < 4.78 is 0. The van der Waals surface area contributed by atoms with Gasteiger partial charge in [0.2, 0.25) is 0 Å². The van der Waals surface area contributed by atoms with Gasteiger partial charge in [0.1, 0.15) is 0 Å². The third-order valence-electron chi connectivity index (χ3n) is 3.70. The number of aliphatic hydroxyl groups excluding tert-OH is 1. The molecule has 1 aromatic heterocycles. The first-order valence-electron chi connectivity index (χ1n) is 6.02. The van der Waals surface area contributed by atoms with E-state index in [2.05, 4.69) is 10.3 Å². The minimum absolute atomic E-state index is 0.404. The lowest BCUT2D eigenvalue weighted by atomic mass is 9.67. The van der Waals surface area contributed by atoms with Crippen molar-refractivity contribution < 1.29 is 5.11 Å². The Morgan fingerprint density at radius 1 is 1.47 bits per heavy atom. The highest BCUT2D eigenvalue weighted by Crippen LogP contribution is 2.40. The van der Waals surface area contributed by atoms with Crippen LogP contribution in [0.3, 0.4) is 0 Å². The van der Waals surface area contributed by atoms with E-state index in [9.17, 15) is 5.11 Å². The van der Waals surface area contributed by atoms with Crippen molar-refractivity contribution in [3.05, 3.63) is 30.1 Å². The van der Waals surface area contributed by atoms with Gasteiger partial charge in [0.05, 0.1) is 16.5 Å². The first-order valence-corrected chi connectivity index (χ1v) is 6.43. The third-order valence-corrected chi connectivity index (χ3v) is 4.26. The maximum atomic E-state index is 10.4. The monoisotopic (exact) mass is 250 g/mol. The minimum Gasteiger partial charge on any atom is -0.392 e. The smallest absolute Gasteiger partial charge is 0.0884 e. The maximum absolute atomic E-state index is 10.4. The summed E-state index contributed by atoms with van der Waals surface area (Å²) in [6.45, 7) is 0. The number of hydrogen-bond acceptors (Lipinski definition) is 3. The van der Waals surface area contributed by atoms with E-state index < -0.39 is 11.5 Å². The van der Waals surface area contributed by atoms with E-state index in [1.807, 2.05) is 19.2 Å². The van der Waals surface area contributed by atoms with Crippen LogP contribution in [0.5, 0.6) is 0 Å². The molecule has 0 spiro atoms. The fourth-order valence-corrected chi connectivity index (χ4v) is 3.12. The number of aliphatic hydroxyl groups is 1. The Bertz CT molecular complexity index is 396. The zero-order valence-electron chi connectivity index (χ0n) is 10.0. The molecule has 0 saturated heterocycles. The first-order chi connectivity index (χ1) is 8.21. The van der Waals surface area contributed by atoms with Crippen molar-refractivity contribution in [1.82, 2.24) is 10.3 Å². The number of nitrogens with zero attached hydrogens (tertiary/aromatic N) is 1. The van der Waals surface area contributed by atoms with Crippen LogP contribution in [0, 0.1) is 0 Å². The Balaban J connectivity index is 2.46. The molecule has 3 nitrogen and oxygen atoms in total. The molecule has 1 aliphatic carbocycles. The van der Waals surface area contributed by atoms with Crippen LogP contribution in [-0.4, -0.2) is 28.2 Å². The highest BCUT2D eigenvalue weighted by molar-refractivity contribution is 7.80. The highest BCUT2D eigenvalue weighted by atomic mass is 32.1. The van der Waals surface area contributed by atoms with Crippen LogP contribution < -0.4 is 5.32 Å². The molecule has 2 atom stereocenters. The van der Waals surface area contributed by atoms with Crippen LogP contribution in [0.25, 0.3) is 0 Å². The van der Waals surface area contributed by atoms with Crippen molar-refractivity contribution in [3.8, 4) is 0 Å². The molecule has 0 aliphatic heterocycles. The van der Waals surface area contributed by atoms with E-state index in [0.717, 1.165) is 36.2 Å². The molecule has 0 aromatic carbocycles. The van der Waals surface area contributed by atoms with Crippen molar-refractivity contribution in [2.75, 3.05) is 7.05 Å². The molecule has 1 aliphatic rings. The average Bonchev–Trinajstić information content (AvgIpc) is 2.39. The quantitative estimate of drug-likeness (QED) is 0.786.